The fourth-order valence-electron chi connectivity index (χ4n) is 2.00. The second-order valence-corrected chi connectivity index (χ2v) is 4.38. The molecule has 0 radical (unpaired) electrons. The first-order valence-corrected chi connectivity index (χ1v) is 6.45. The van der Waals surface area contributed by atoms with Crippen molar-refractivity contribution in [3.63, 3.8) is 0 Å². The fraction of sp³-hybridized carbons (Fsp3) is 0.214. The predicted octanol–water partition coefficient (Wildman–Crippen LogP) is 0.570. The minimum absolute atomic E-state index is 0.0426. The Morgan fingerprint density at radius 3 is 2.67 bits per heavy atom. The third-order valence-electron chi connectivity index (χ3n) is 2.97. The molecule has 1 aromatic carbocycles. The van der Waals surface area contributed by atoms with Gasteiger partial charge in [0.15, 0.2) is 11.7 Å². The Hall–Kier alpha value is -2.67. The number of aliphatic hydroxyl groups excluding tert-OH is 1. The number of hydrogen-bond donors (Lipinski definition) is 3. The first-order valence-electron chi connectivity index (χ1n) is 6.45. The number of aromatic nitrogens is 2. The van der Waals surface area contributed by atoms with Crippen molar-refractivity contribution in [2.45, 2.75) is 6.54 Å². The van der Waals surface area contributed by atoms with E-state index in [1.807, 2.05) is 35.2 Å². The minimum atomic E-state index is -0.0455. The third kappa shape index (κ3) is 3.67. The molecule has 4 N–H and O–H groups in total. The number of nitrogens with zero attached hydrogens (tertiary/aromatic N) is 4. The Labute approximate surface area is 122 Å². The summed E-state index contributed by atoms with van der Waals surface area (Å²) in [6.07, 6.45) is 1.47. The SMILES string of the molecule is N/C(=N/O)c1ccnnc1N(CCO)Cc1ccccc1. The summed E-state index contributed by atoms with van der Waals surface area (Å²) in [7, 11) is 0. The van der Waals surface area contributed by atoms with Gasteiger partial charge in [-0.05, 0) is 11.6 Å². The van der Waals surface area contributed by atoms with Crippen molar-refractivity contribution < 1.29 is 10.3 Å². The lowest BCUT2D eigenvalue weighted by Crippen LogP contribution is -2.30. The van der Waals surface area contributed by atoms with Gasteiger partial charge in [-0.3, -0.25) is 0 Å². The van der Waals surface area contributed by atoms with Gasteiger partial charge in [-0.1, -0.05) is 35.5 Å². The molecule has 110 valence electrons. The molecule has 21 heavy (non-hydrogen) atoms. The van der Waals surface area contributed by atoms with Crippen LogP contribution >= 0.6 is 0 Å². The van der Waals surface area contributed by atoms with Gasteiger partial charge in [0, 0.05) is 13.1 Å². The molecule has 0 saturated carbocycles. The van der Waals surface area contributed by atoms with Crippen molar-refractivity contribution >= 4 is 11.7 Å². The quantitative estimate of drug-likeness (QED) is 0.310. The maximum atomic E-state index is 9.26. The van der Waals surface area contributed by atoms with E-state index in [1.54, 1.807) is 6.07 Å². The van der Waals surface area contributed by atoms with Crippen LogP contribution in [0.5, 0.6) is 0 Å². The van der Waals surface area contributed by atoms with Crippen LogP contribution in [0.25, 0.3) is 0 Å². The average Bonchev–Trinajstić information content (AvgIpc) is 2.55. The zero-order valence-electron chi connectivity index (χ0n) is 11.4. The van der Waals surface area contributed by atoms with E-state index in [0.29, 0.717) is 24.5 Å². The second kappa shape index (κ2) is 7.20. The molecule has 0 amide bonds. The van der Waals surface area contributed by atoms with Crippen molar-refractivity contribution in [2.24, 2.45) is 10.9 Å². The molecule has 2 rings (SSSR count). The Kier molecular flexibility index (Phi) is 5.05. The summed E-state index contributed by atoms with van der Waals surface area (Å²) in [4.78, 5) is 1.83. The van der Waals surface area contributed by atoms with Crippen LogP contribution in [-0.2, 0) is 6.54 Å². The lowest BCUT2D eigenvalue weighted by atomic mass is 10.2. The van der Waals surface area contributed by atoms with Crippen molar-refractivity contribution in [2.75, 3.05) is 18.1 Å². The molecule has 1 aromatic heterocycles. The van der Waals surface area contributed by atoms with Gasteiger partial charge < -0.3 is 20.9 Å². The Morgan fingerprint density at radius 2 is 2.00 bits per heavy atom. The smallest absolute Gasteiger partial charge is 0.173 e. The highest BCUT2D eigenvalue weighted by atomic mass is 16.4. The van der Waals surface area contributed by atoms with Crippen LogP contribution < -0.4 is 10.6 Å². The van der Waals surface area contributed by atoms with Crippen molar-refractivity contribution in [1.82, 2.24) is 10.2 Å². The van der Waals surface area contributed by atoms with E-state index in [9.17, 15) is 5.11 Å². The van der Waals surface area contributed by atoms with Gasteiger partial charge >= 0.3 is 0 Å². The molecule has 0 aliphatic rings. The Balaban J connectivity index is 2.34. The van der Waals surface area contributed by atoms with E-state index < -0.39 is 0 Å². The zero-order chi connectivity index (χ0) is 15.1. The van der Waals surface area contributed by atoms with Crippen LogP contribution in [0.3, 0.4) is 0 Å². The van der Waals surface area contributed by atoms with Crippen molar-refractivity contribution in [3.8, 4) is 0 Å². The van der Waals surface area contributed by atoms with E-state index in [2.05, 4.69) is 15.4 Å². The monoisotopic (exact) mass is 287 g/mol. The maximum absolute atomic E-state index is 9.26. The molecule has 0 unspecified atom stereocenters. The van der Waals surface area contributed by atoms with Crippen LogP contribution in [0.1, 0.15) is 11.1 Å². The molecule has 0 bridgehead atoms. The Bertz CT molecular complexity index is 603. The summed E-state index contributed by atoms with van der Waals surface area (Å²) in [5.74, 6) is 0.418. The van der Waals surface area contributed by atoms with Gasteiger partial charge in [0.05, 0.1) is 18.4 Å². The number of amidine groups is 1. The molecule has 7 heteroatoms. The lowest BCUT2D eigenvalue weighted by molar-refractivity contribution is 0.301. The number of hydrogen-bond acceptors (Lipinski definition) is 6. The molecule has 0 spiro atoms. The predicted molar refractivity (Wildman–Crippen MR) is 79.1 cm³/mol. The number of oxime groups is 1. The van der Waals surface area contributed by atoms with Gasteiger partial charge in [0.1, 0.15) is 0 Å². The van der Waals surface area contributed by atoms with E-state index in [0.717, 1.165) is 5.56 Å². The number of aliphatic hydroxyl groups is 1. The lowest BCUT2D eigenvalue weighted by Gasteiger charge is -2.24. The minimum Gasteiger partial charge on any atom is -0.409 e. The van der Waals surface area contributed by atoms with Gasteiger partial charge in [-0.25, -0.2) is 0 Å². The highest BCUT2D eigenvalue weighted by Crippen LogP contribution is 2.18. The zero-order valence-corrected chi connectivity index (χ0v) is 11.4. The molecule has 0 aliphatic carbocycles. The highest BCUT2D eigenvalue weighted by molar-refractivity contribution is 6.01. The van der Waals surface area contributed by atoms with Crippen LogP contribution in [0.2, 0.25) is 0 Å². The van der Waals surface area contributed by atoms with Crippen molar-refractivity contribution in [3.05, 3.63) is 53.7 Å². The normalized spacial score (nSPS) is 11.4. The standard InChI is InChI=1S/C14H17N5O2/c15-13(18-21)12-6-7-16-17-14(12)19(8-9-20)10-11-4-2-1-3-5-11/h1-7,20-21H,8-10H2,(H2,15,18). The number of nitrogens with two attached hydrogens (primary N) is 1. The molecule has 0 atom stereocenters. The van der Waals surface area contributed by atoms with E-state index in [1.165, 1.54) is 6.20 Å². The van der Waals surface area contributed by atoms with E-state index in [-0.39, 0.29) is 12.4 Å². The van der Waals surface area contributed by atoms with Gasteiger partial charge in [0.25, 0.3) is 0 Å². The van der Waals surface area contributed by atoms with Crippen LogP contribution in [0.4, 0.5) is 5.82 Å². The Morgan fingerprint density at radius 1 is 1.24 bits per heavy atom. The summed E-state index contributed by atoms with van der Waals surface area (Å²) in [5.41, 5.74) is 7.19. The summed E-state index contributed by atoms with van der Waals surface area (Å²) in [6.45, 7) is 0.851. The molecular weight excluding hydrogens is 270 g/mol. The molecule has 1 heterocycles. The maximum Gasteiger partial charge on any atom is 0.173 e. The average molecular weight is 287 g/mol. The molecular formula is C14H17N5O2. The summed E-state index contributed by atoms with van der Waals surface area (Å²) >= 11 is 0. The van der Waals surface area contributed by atoms with Crippen molar-refractivity contribution in [1.29, 1.82) is 0 Å². The molecule has 0 fully saturated rings. The molecule has 2 aromatic rings. The summed E-state index contributed by atoms with van der Waals surface area (Å²) in [6, 6.07) is 11.4. The van der Waals surface area contributed by atoms with Crippen LogP contribution in [-0.4, -0.2) is 39.5 Å². The second-order valence-electron chi connectivity index (χ2n) is 4.38. The highest BCUT2D eigenvalue weighted by Gasteiger charge is 2.16. The number of benzene rings is 1. The largest absolute Gasteiger partial charge is 0.409 e. The van der Waals surface area contributed by atoms with Gasteiger partial charge in [0.2, 0.25) is 0 Å². The first-order chi connectivity index (χ1) is 10.3. The third-order valence-corrected chi connectivity index (χ3v) is 2.97. The molecule has 7 nitrogen and oxygen atoms in total. The summed E-state index contributed by atoms with van der Waals surface area (Å²) < 4.78 is 0. The van der Waals surface area contributed by atoms with Crippen LogP contribution in [0, 0.1) is 0 Å². The first kappa shape index (κ1) is 14.7. The topological polar surface area (TPSA) is 108 Å². The summed E-state index contributed by atoms with van der Waals surface area (Å²) in [5, 5.41) is 29.0. The van der Waals surface area contributed by atoms with Gasteiger partial charge in [-0.15, -0.1) is 5.10 Å². The molecule has 0 saturated heterocycles. The molecule has 0 aliphatic heterocycles. The van der Waals surface area contributed by atoms with Gasteiger partial charge in [-0.2, -0.15) is 5.10 Å². The van der Waals surface area contributed by atoms with E-state index in [4.69, 9.17) is 10.9 Å². The van der Waals surface area contributed by atoms with E-state index >= 15 is 0 Å². The number of anilines is 1. The fourth-order valence-corrected chi connectivity index (χ4v) is 2.00. The van der Waals surface area contributed by atoms with Crippen LogP contribution in [0.15, 0.2) is 47.8 Å². The number of rotatable bonds is 6.